The molecule has 0 amide bonds. The van der Waals surface area contributed by atoms with E-state index in [1.165, 1.54) is 6.33 Å². The molecule has 0 bridgehead atoms. The summed E-state index contributed by atoms with van der Waals surface area (Å²) in [5.74, 6) is 0. The van der Waals surface area contributed by atoms with E-state index >= 15 is 0 Å². The minimum Gasteiger partial charge on any atom is -0.389 e. The predicted octanol–water partition coefficient (Wildman–Crippen LogP) is -0.380. The van der Waals surface area contributed by atoms with Gasteiger partial charge in [-0.3, -0.25) is 0 Å². The van der Waals surface area contributed by atoms with Gasteiger partial charge in [0.05, 0.1) is 11.8 Å². The molecule has 2 unspecified atom stereocenters. The summed E-state index contributed by atoms with van der Waals surface area (Å²) in [6.07, 6.45) is 1.11. The number of aliphatic hydroxyl groups is 2. The van der Waals surface area contributed by atoms with Gasteiger partial charge in [-0.2, -0.15) is 5.10 Å². The lowest BCUT2D eigenvalue weighted by Crippen LogP contribution is -2.27. The maximum absolute atomic E-state index is 9.75. The summed E-state index contributed by atoms with van der Waals surface area (Å²) in [5, 5.41) is 23.2. The fourth-order valence-electron chi connectivity index (χ4n) is 1.52. The van der Waals surface area contributed by atoms with Crippen LogP contribution in [0.2, 0.25) is 0 Å². The maximum atomic E-state index is 9.75. The molecular formula is C11H14N4O2. The molecule has 0 aliphatic heterocycles. The number of hydrogen-bond acceptors (Lipinski definition) is 5. The zero-order valence-electron chi connectivity index (χ0n) is 9.14. The van der Waals surface area contributed by atoms with E-state index in [2.05, 4.69) is 10.1 Å². The van der Waals surface area contributed by atoms with Gasteiger partial charge in [-0.05, 0) is 17.7 Å². The average Bonchev–Trinajstić information content (AvgIpc) is 2.91. The maximum Gasteiger partial charge on any atom is 0.138 e. The molecule has 1 aromatic carbocycles. The number of nitrogens with two attached hydrogens (primary N) is 1. The highest BCUT2D eigenvalue weighted by Crippen LogP contribution is 2.18. The molecule has 17 heavy (non-hydrogen) atoms. The zero-order valence-corrected chi connectivity index (χ0v) is 9.14. The van der Waals surface area contributed by atoms with Gasteiger partial charge in [0.1, 0.15) is 18.8 Å². The van der Waals surface area contributed by atoms with Crippen LogP contribution < -0.4 is 5.73 Å². The highest BCUT2D eigenvalue weighted by atomic mass is 16.3. The highest BCUT2D eigenvalue weighted by Gasteiger charge is 2.16. The van der Waals surface area contributed by atoms with Crippen molar-refractivity contribution in [3.63, 3.8) is 0 Å². The van der Waals surface area contributed by atoms with Crippen molar-refractivity contribution in [2.24, 2.45) is 5.73 Å². The van der Waals surface area contributed by atoms with Gasteiger partial charge in [0.25, 0.3) is 0 Å². The Morgan fingerprint density at radius 2 is 1.94 bits per heavy atom. The van der Waals surface area contributed by atoms with Crippen LogP contribution in [0, 0.1) is 0 Å². The van der Waals surface area contributed by atoms with Crippen molar-refractivity contribution in [1.29, 1.82) is 0 Å². The number of aromatic nitrogens is 3. The Balaban J connectivity index is 2.18. The fourth-order valence-corrected chi connectivity index (χ4v) is 1.52. The third-order valence-corrected chi connectivity index (χ3v) is 2.52. The second-order valence-corrected chi connectivity index (χ2v) is 3.68. The first-order valence-corrected chi connectivity index (χ1v) is 5.23. The topological polar surface area (TPSA) is 97.2 Å². The molecule has 0 spiro atoms. The van der Waals surface area contributed by atoms with E-state index in [-0.39, 0.29) is 6.54 Å². The van der Waals surface area contributed by atoms with Gasteiger partial charge in [0.2, 0.25) is 0 Å². The Morgan fingerprint density at radius 3 is 2.47 bits per heavy atom. The lowest BCUT2D eigenvalue weighted by atomic mass is 10.0. The molecule has 0 radical (unpaired) electrons. The van der Waals surface area contributed by atoms with Gasteiger partial charge >= 0.3 is 0 Å². The molecule has 2 atom stereocenters. The molecule has 6 nitrogen and oxygen atoms in total. The SMILES string of the molecule is NCC(O)C(O)c1ccc(-n2cncn2)cc1. The van der Waals surface area contributed by atoms with Crippen LogP contribution in [-0.4, -0.2) is 37.6 Å². The minimum atomic E-state index is -0.968. The number of benzene rings is 1. The van der Waals surface area contributed by atoms with E-state index in [1.807, 2.05) is 0 Å². The normalized spacial score (nSPS) is 14.5. The highest BCUT2D eigenvalue weighted by molar-refractivity contribution is 5.34. The van der Waals surface area contributed by atoms with Crippen molar-refractivity contribution in [2.45, 2.75) is 12.2 Å². The van der Waals surface area contributed by atoms with E-state index in [9.17, 15) is 10.2 Å². The number of rotatable bonds is 4. The van der Waals surface area contributed by atoms with E-state index in [0.717, 1.165) is 5.69 Å². The van der Waals surface area contributed by atoms with Crippen LogP contribution in [0.1, 0.15) is 11.7 Å². The molecule has 0 saturated carbocycles. The monoisotopic (exact) mass is 234 g/mol. The first kappa shape index (κ1) is 11.7. The Kier molecular flexibility index (Phi) is 3.48. The van der Waals surface area contributed by atoms with Crippen LogP contribution in [0.5, 0.6) is 0 Å². The molecule has 0 saturated heterocycles. The Morgan fingerprint density at radius 1 is 1.24 bits per heavy atom. The van der Waals surface area contributed by atoms with E-state index < -0.39 is 12.2 Å². The van der Waals surface area contributed by atoms with Gasteiger partial charge < -0.3 is 15.9 Å². The lowest BCUT2D eigenvalue weighted by Gasteiger charge is -2.16. The van der Waals surface area contributed by atoms with Crippen molar-refractivity contribution in [1.82, 2.24) is 14.8 Å². The number of hydrogen-bond donors (Lipinski definition) is 3. The van der Waals surface area contributed by atoms with Gasteiger partial charge in [-0.25, -0.2) is 9.67 Å². The van der Waals surface area contributed by atoms with Gasteiger partial charge in [0.15, 0.2) is 0 Å². The van der Waals surface area contributed by atoms with Crippen LogP contribution in [0.3, 0.4) is 0 Å². The Labute approximate surface area is 98.3 Å². The molecule has 90 valence electrons. The molecular weight excluding hydrogens is 220 g/mol. The molecule has 0 aliphatic rings. The second-order valence-electron chi connectivity index (χ2n) is 3.68. The summed E-state index contributed by atoms with van der Waals surface area (Å²) in [6, 6.07) is 7.02. The van der Waals surface area contributed by atoms with Gasteiger partial charge in [0, 0.05) is 6.54 Å². The fraction of sp³-hybridized carbons (Fsp3) is 0.273. The molecule has 2 aromatic rings. The summed E-state index contributed by atoms with van der Waals surface area (Å²) in [5.41, 5.74) is 6.74. The largest absolute Gasteiger partial charge is 0.389 e. The van der Waals surface area contributed by atoms with Crippen LogP contribution in [0.4, 0.5) is 0 Å². The second kappa shape index (κ2) is 5.05. The van der Waals surface area contributed by atoms with Crippen LogP contribution in [-0.2, 0) is 0 Å². The third-order valence-electron chi connectivity index (χ3n) is 2.52. The van der Waals surface area contributed by atoms with Crippen molar-refractivity contribution >= 4 is 0 Å². The smallest absolute Gasteiger partial charge is 0.138 e. The van der Waals surface area contributed by atoms with Crippen molar-refractivity contribution < 1.29 is 10.2 Å². The molecule has 6 heteroatoms. The van der Waals surface area contributed by atoms with Crippen molar-refractivity contribution in [2.75, 3.05) is 6.54 Å². The van der Waals surface area contributed by atoms with Crippen molar-refractivity contribution in [3.05, 3.63) is 42.5 Å². The molecule has 0 fully saturated rings. The summed E-state index contributed by atoms with van der Waals surface area (Å²) >= 11 is 0. The summed E-state index contributed by atoms with van der Waals surface area (Å²) in [4.78, 5) is 3.84. The average molecular weight is 234 g/mol. The van der Waals surface area contributed by atoms with Crippen molar-refractivity contribution in [3.8, 4) is 5.69 Å². The van der Waals surface area contributed by atoms with Gasteiger partial charge in [-0.1, -0.05) is 12.1 Å². The quantitative estimate of drug-likeness (QED) is 0.670. The first-order valence-electron chi connectivity index (χ1n) is 5.23. The summed E-state index contributed by atoms with van der Waals surface area (Å²) < 4.78 is 1.61. The van der Waals surface area contributed by atoms with Gasteiger partial charge in [-0.15, -0.1) is 0 Å². The molecule has 4 N–H and O–H groups in total. The molecule has 0 aliphatic carbocycles. The summed E-state index contributed by atoms with van der Waals surface area (Å²) in [6.45, 7) is 0.0198. The molecule has 1 aromatic heterocycles. The Hall–Kier alpha value is -1.76. The van der Waals surface area contributed by atoms with E-state index in [1.54, 1.807) is 35.3 Å². The number of nitrogens with zero attached hydrogens (tertiary/aromatic N) is 3. The minimum absolute atomic E-state index is 0.0198. The zero-order chi connectivity index (χ0) is 12.3. The van der Waals surface area contributed by atoms with E-state index in [0.29, 0.717) is 5.56 Å². The molecule has 1 heterocycles. The lowest BCUT2D eigenvalue weighted by molar-refractivity contribution is 0.0243. The van der Waals surface area contributed by atoms with Crippen LogP contribution >= 0.6 is 0 Å². The van der Waals surface area contributed by atoms with Crippen LogP contribution in [0.25, 0.3) is 5.69 Å². The van der Waals surface area contributed by atoms with E-state index in [4.69, 9.17) is 5.73 Å². The predicted molar refractivity (Wildman–Crippen MR) is 61.4 cm³/mol. The number of aliphatic hydroxyl groups excluding tert-OH is 2. The first-order chi connectivity index (χ1) is 8.22. The van der Waals surface area contributed by atoms with Crippen LogP contribution in [0.15, 0.2) is 36.9 Å². The Bertz CT molecular complexity index is 455. The third kappa shape index (κ3) is 2.50. The standard InChI is InChI=1S/C11H14N4O2/c12-5-10(16)11(17)8-1-3-9(4-2-8)15-7-13-6-14-15/h1-4,6-7,10-11,16-17H,5,12H2. The summed E-state index contributed by atoms with van der Waals surface area (Å²) in [7, 11) is 0. The molecule has 2 rings (SSSR count).